The van der Waals surface area contributed by atoms with Crippen LogP contribution in [0.2, 0.25) is 0 Å². The number of carbonyl (C=O) groups excluding carboxylic acids is 3. The zero-order valence-corrected chi connectivity index (χ0v) is 17.8. The van der Waals surface area contributed by atoms with Gasteiger partial charge >= 0.3 is 11.9 Å². The van der Waals surface area contributed by atoms with Crippen molar-refractivity contribution in [3.8, 4) is 0 Å². The second-order valence-electron chi connectivity index (χ2n) is 7.19. The van der Waals surface area contributed by atoms with Crippen LogP contribution in [0, 0.1) is 0 Å². The summed E-state index contributed by atoms with van der Waals surface area (Å²) >= 11 is 0. The van der Waals surface area contributed by atoms with Gasteiger partial charge in [0.05, 0.1) is 18.8 Å². The number of aliphatic hydroxyl groups is 2. The maximum Gasteiger partial charge on any atom is 0.326 e. The fourth-order valence-corrected chi connectivity index (χ4v) is 2.55. The highest BCUT2D eigenvalue weighted by atomic mass is 16.4. The Kier molecular flexibility index (Phi) is 13.7. The van der Waals surface area contributed by atoms with Crippen molar-refractivity contribution in [2.75, 3.05) is 13.2 Å². The lowest BCUT2D eigenvalue weighted by atomic mass is 10.1. The highest BCUT2D eigenvalue weighted by Crippen LogP contribution is 2.03. The normalized spacial score (nSPS) is 15.5. The molecule has 0 spiro atoms. The second-order valence-corrected chi connectivity index (χ2v) is 7.19. The van der Waals surface area contributed by atoms with Gasteiger partial charge in [0.2, 0.25) is 17.7 Å². The van der Waals surface area contributed by atoms with E-state index in [9.17, 15) is 39.3 Å². The fraction of sp³-hybridized carbons (Fsp3) is 0.722. The molecule has 0 aliphatic rings. The van der Waals surface area contributed by atoms with Crippen molar-refractivity contribution in [3.05, 3.63) is 0 Å². The van der Waals surface area contributed by atoms with E-state index < -0.39 is 66.5 Å². The Morgan fingerprint density at radius 2 is 1.47 bits per heavy atom. The highest BCUT2D eigenvalue weighted by molar-refractivity contribution is 5.94. The van der Waals surface area contributed by atoms with Gasteiger partial charge in [0.1, 0.15) is 18.1 Å². The molecule has 0 rings (SSSR count). The first-order valence-electron chi connectivity index (χ1n) is 10.0. The van der Waals surface area contributed by atoms with Crippen LogP contribution in [0.3, 0.4) is 0 Å². The molecule has 0 aliphatic heterocycles. The molecule has 32 heavy (non-hydrogen) atoms. The van der Waals surface area contributed by atoms with E-state index in [1.54, 1.807) is 0 Å². The van der Waals surface area contributed by atoms with E-state index in [-0.39, 0.29) is 19.3 Å². The highest BCUT2D eigenvalue weighted by Gasteiger charge is 2.32. The Balaban J connectivity index is 5.08. The summed E-state index contributed by atoms with van der Waals surface area (Å²) < 4.78 is 0. The molecule has 0 aromatic rings. The second kappa shape index (κ2) is 15.1. The molecule has 0 fully saturated rings. The standard InChI is InChI=1S/C18H33N5O9/c1-9(25)14(23-15(28)10(20)5-6-13(26)27)17(30)22-12(8-24)16(29)21-11(18(31)32)4-2-3-7-19/h9-12,14,24-25H,2-8,19-20H2,1H3,(H,21,29)(H,22,30)(H,23,28)(H,26,27)(H,31,32)/t9-,10+,11+,12+,14+/m1/s1. The largest absolute Gasteiger partial charge is 0.481 e. The molecule has 184 valence electrons. The molecule has 0 radical (unpaired) electrons. The Labute approximate surface area is 184 Å². The van der Waals surface area contributed by atoms with Crippen molar-refractivity contribution in [1.82, 2.24) is 16.0 Å². The summed E-state index contributed by atoms with van der Waals surface area (Å²) in [5.41, 5.74) is 10.9. The van der Waals surface area contributed by atoms with Crippen molar-refractivity contribution in [1.29, 1.82) is 0 Å². The van der Waals surface area contributed by atoms with Gasteiger partial charge in [0.25, 0.3) is 0 Å². The Hall–Kier alpha value is -2.81. The van der Waals surface area contributed by atoms with E-state index in [0.717, 1.165) is 0 Å². The van der Waals surface area contributed by atoms with Crippen molar-refractivity contribution < 1.29 is 44.4 Å². The van der Waals surface area contributed by atoms with Crippen LogP contribution in [0.15, 0.2) is 0 Å². The minimum Gasteiger partial charge on any atom is -0.481 e. The predicted octanol–water partition coefficient (Wildman–Crippen LogP) is -3.78. The van der Waals surface area contributed by atoms with Gasteiger partial charge in [-0.2, -0.15) is 0 Å². The van der Waals surface area contributed by atoms with Crippen molar-refractivity contribution in [2.24, 2.45) is 11.5 Å². The summed E-state index contributed by atoms with van der Waals surface area (Å²) in [5.74, 6) is -5.39. The third-order valence-corrected chi connectivity index (χ3v) is 4.45. The predicted molar refractivity (Wildman–Crippen MR) is 110 cm³/mol. The molecule has 0 saturated heterocycles. The number of unbranched alkanes of at least 4 members (excludes halogenated alkanes) is 1. The number of nitrogens with two attached hydrogens (primary N) is 2. The maximum absolute atomic E-state index is 12.5. The lowest BCUT2D eigenvalue weighted by molar-refractivity contribution is -0.143. The monoisotopic (exact) mass is 463 g/mol. The van der Waals surface area contributed by atoms with Crippen molar-refractivity contribution >= 4 is 29.7 Å². The van der Waals surface area contributed by atoms with Crippen LogP contribution in [-0.4, -0.2) is 93.5 Å². The van der Waals surface area contributed by atoms with Gasteiger partial charge in [-0.25, -0.2) is 4.79 Å². The molecule has 0 heterocycles. The lowest BCUT2D eigenvalue weighted by Crippen LogP contribution is -2.60. The van der Waals surface area contributed by atoms with E-state index in [4.69, 9.17) is 16.6 Å². The van der Waals surface area contributed by atoms with Crippen LogP contribution >= 0.6 is 0 Å². The average molecular weight is 463 g/mol. The Morgan fingerprint density at radius 3 is 1.94 bits per heavy atom. The summed E-state index contributed by atoms with van der Waals surface area (Å²) in [4.78, 5) is 58.8. The fourth-order valence-electron chi connectivity index (χ4n) is 2.55. The minimum atomic E-state index is -1.57. The van der Waals surface area contributed by atoms with Gasteiger partial charge in [-0.3, -0.25) is 19.2 Å². The van der Waals surface area contributed by atoms with Crippen LogP contribution in [0.5, 0.6) is 0 Å². The first-order chi connectivity index (χ1) is 14.9. The van der Waals surface area contributed by atoms with Crippen LogP contribution in [0.1, 0.15) is 39.0 Å². The maximum atomic E-state index is 12.5. The smallest absolute Gasteiger partial charge is 0.326 e. The zero-order chi connectivity index (χ0) is 24.8. The molecule has 0 unspecified atom stereocenters. The zero-order valence-electron chi connectivity index (χ0n) is 17.8. The number of nitrogens with one attached hydrogen (secondary N) is 3. The first kappa shape index (κ1) is 29.2. The number of hydrogen-bond acceptors (Lipinski definition) is 9. The van der Waals surface area contributed by atoms with E-state index in [1.165, 1.54) is 6.92 Å². The van der Waals surface area contributed by atoms with Gasteiger partial charge < -0.3 is 47.8 Å². The SMILES string of the molecule is C[C@@H](O)[C@H](NC(=O)[C@@H](N)CCC(=O)O)C(=O)N[C@@H](CO)C(=O)N[C@@H](CCCCN)C(=O)O. The number of rotatable bonds is 16. The Morgan fingerprint density at radius 1 is 0.875 bits per heavy atom. The summed E-state index contributed by atoms with van der Waals surface area (Å²) in [6, 6.07) is -5.65. The molecule has 0 saturated carbocycles. The van der Waals surface area contributed by atoms with E-state index in [2.05, 4.69) is 16.0 Å². The molecular weight excluding hydrogens is 430 g/mol. The van der Waals surface area contributed by atoms with E-state index in [0.29, 0.717) is 19.4 Å². The third-order valence-electron chi connectivity index (χ3n) is 4.45. The number of carbonyl (C=O) groups is 5. The van der Waals surface area contributed by atoms with Gasteiger partial charge in [-0.15, -0.1) is 0 Å². The van der Waals surface area contributed by atoms with E-state index >= 15 is 0 Å². The lowest BCUT2D eigenvalue weighted by Gasteiger charge is -2.25. The molecule has 3 amide bonds. The Bertz CT molecular complexity index is 659. The number of aliphatic hydroxyl groups excluding tert-OH is 2. The van der Waals surface area contributed by atoms with Crippen LogP contribution in [0.4, 0.5) is 0 Å². The molecule has 0 aromatic carbocycles. The average Bonchev–Trinajstić information content (AvgIpc) is 2.72. The summed E-state index contributed by atoms with van der Waals surface area (Å²) in [6.45, 7) is 0.645. The minimum absolute atomic E-state index is 0.0883. The molecule has 5 atom stereocenters. The van der Waals surface area contributed by atoms with Gasteiger partial charge in [0, 0.05) is 6.42 Å². The number of carboxylic acid groups (broad SMARTS) is 2. The molecular formula is C18H33N5O9. The number of carboxylic acids is 2. The molecule has 0 bridgehead atoms. The van der Waals surface area contributed by atoms with Crippen molar-refractivity contribution in [3.63, 3.8) is 0 Å². The quantitative estimate of drug-likeness (QED) is 0.100. The van der Waals surface area contributed by atoms with Crippen LogP contribution in [-0.2, 0) is 24.0 Å². The number of amides is 3. The molecule has 11 N–H and O–H groups in total. The van der Waals surface area contributed by atoms with Crippen LogP contribution < -0.4 is 27.4 Å². The summed E-state index contributed by atoms with van der Waals surface area (Å²) in [5, 5.41) is 43.7. The number of aliphatic carboxylic acids is 2. The van der Waals surface area contributed by atoms with Crippen LogP contribution in [0.25, 0.3) is 0 Å². The molecule has 0 aliphatic carbocycles. The van der Waals surface area contributed by atoms with Crippen molar-refractivity contribution in [2.45, 2.75) is 69.3 Å². The van der Waals surface area contributed by atoms with Gasteiger partial charge in [0.15, 0.2) is 0 Å². The molecule has 14 nitrogen and oxygen atoms in total. The summed E-state index contributed by atoms with van der Waals surface area (Å²) in [6.07, 6.45) is -0.964. The topological polar surface area (TPSA) is 254 Å². The third kappa shape index (κ3) is 11.0. The summed E-state index contributed by atoms with van der Waals surface area (Å²) in [7, 11) is 0. The molecule has 0 aromatic heterocycles. The molecule has 14 heteroatoms. The first-order valence-corrected chi connectivity index (χ1v) is 10.0. The van der Waals surface area contributed by atoms with Gasteiger partial charge in [-0.1, -0.05) is 0 Å². The van der Waals surface area contributed by atoms with E-state index in [1.807, 2.05) is 0 Å². The van der Waals surface area contributed by atoms with Gasteiger partial charge in [-0.05, 0) is 39.2 Å². The number of hydrogen-bond donors (Lipinski definition) is 9.